The quantitative estimate of drug-likeness (QED) is 0.412. The minimum absolute atomic E-state index is 0.00909. The molecule has 0 saturated carbocycles. The number of amides is 1. The molecule has 0 radical (unpaired) electrons. The van der Waals surface area contributed by atoms with Gasteiger partial charge in [-0.3, -0.25) is 9.59 Å². The zero-order valence-corrected chi connectivity index (χ0v) is 17.2. The maximum absolute atomic E-state index is 13.3. The maximum Gasteiger partial charge on any atom is 0.489 e. The fraction of sp³-hybridized carbons (Fsp3) is 0.167. The summed E-state index contributed by atoms with van der Waals surface area (Å²) in [5.41, 5.74) is 2.00. The Kier molecular flexibility index (Phi) is 7.59. The van der Waals surface area contributed by atoms with Crippen LogP contribution in [0.4, 0.5) is 0 Å². The normalized spacial score (nSPS) is 11.5. The van der Waals surface area contributed by atoms with Gasteiger partial charge >= 0.3 is 7.12 Å². The van der Waals surface area contributed by atoms with E-state index in [0.717, 1.165) is 11.1 Å². The molecule has 0 fully saturated rings. The molecule has 1 atom stereocenters. The number of ether oxygens (including phenoxy) is 1. The van der Waals surface area contributed by atoms with Crippen LogP contribution < -0.4 is 10.2 Å². The van der Waals surface area contributed by atoms with Crippen LogP contribution in [0.1, 0.15) is 28.4 Å². The lowest BCUT2D eigenvalue weighted by Gasteiger charge is -2.27. The first-order valence-corrected chi connectivity index (χ1v) is 9.97. The monoisotopic (exact) mass is 417 g/mol. The molecule has 31 heavy (non-hydrogen) atoms. The third-order valence-electron chi connectivity index (χ3n) is 4.89. The van der Waals surface area contributed by atoms with Crippen LogP contribution in [0, 0.1) is 0 Å². The van der Waals surface area contributed by atoms with Crippen molar-refractivity contribution in [3.05, 3.63) is 95.6 Å². The van der Waals surface area contributed by atoms with Gasteiger partial charge in [-0.25, -0.2) is 0 Å². The zero-order chi connectivity index (χ0) is 22.2. The van der Waals surface area contributed by atoms with Gasteiger partial charge in [0, 0.05) is 13.1 Å². The molecule has 0 spiro atoms. The summed E-state index contributed by atoms with van der Waals surface area (Å²) in [4.78, 5) is 26.5. The summed E-state index contributed by atoms with van der Waals surface area (Å²) in [5, 5.41) is 19.0. The van der Waals surface area contributed by atoms with Crippen LogP contribution in [0.25, 0.3) is 0 Å². The molecular formula is C24H24BNO5. The summed E-state index contributed by atoms with van der Waals surface area (Å²) in [5.74, 6) is -0.125. The lowest BCUT2D eigenvalue weighted by molar-refractivity contribution is -0.139. The standard InChI is InChI=1S/C24H24BNO5/c1-18(31-23-14-8-13-22(25(29)30)21(23)17-27)24(28)26(15-19-9-4-2-5-10-19)16-20-11-6-3-7-12-20/h2-14,17-18,29-30H,15-16H2,1H3. The predicted octanol–water partition coefficient (Wildman–Crippen LogP) is 2.18. The third kappa shape index (κ3) is 5.81. The van der Waals surface area contributed by atoms with Crippen molar-refractivity contribution in [1.29, 1.82) is 0 Å². The van der Waals surface area contributed by atoms with Crippen molar-refractivity contribution in [2.45, 2.75) is 26.1 Å². The molecule has 1 unspecified atom stereocenters. The van der Waals surface area contributed by atoms with Crippen molar-refractivity contribution in [1.82, 2.24) is 4.90 Å². The molecule has 3 rings (SSSR count). The Balaban J connectivity index is 1.83. The molecule has 0 aliphatic heterocycles. The van der Waals surface area contributed by atoms with Gasteiger partial charge in [0.25, 0.3) is 5.91 Å². The minimum Gasteiger partial charge on any atom is -0.480 e. The van der Waals surface area contributed by atoms with E-state index in [-0.39, 0.29) is 22.7 Å². The number of aldehydes is 1. The highest BCUT2D eigenvalue weighted by atomic mass is 16.5. The van der Waals surface area contributed by atoms with Crippen molar-refractivity contribution in [3.8, 4) is 5.75 Å². The summed E-state index contributed by atoms with van der Waals surface area (Å²) in [7, 11) is -1.82. The number of benzene rings is 3. The highest BCUT2D eigenvalue weighted by molar-refractivity contribution is 6.60. The summed E-state index contributed by atoms with van der Waals surface area (Å²) in [6.07, 6.45) is -0.398. The molecule has 0 saturated heterocycles. The lowest BCUT2D eigenvalue weighted by atomic mass is 9.77. The van der Waals surface area contributed by atoms with Crippen LogP contribution in [0.2, 0.25) is 0 Å². The molecule has 0 bridgehead atoms. The van der Waals surface area contributed by atoms with Gasteiger partial charge in [0.1, 0.15) is 5.75 Å². The van der Waals surface area contributed by atoms with E-state index in [2.05, 4.69) is 0 Å². The fourth-order valence-electron chi connectivity index (χ4n) is 3.33. The Morgan fingerprint density at radius 2 is 1.48 bits per heavy atom. The predicted molar refractivity (Wildman–Crippen MR) is 119 cm³/mol. The van der Waals surface area contributed by atoms with Crippen molar-refractivity contribution >= 4 is 24.8 Å². The molecule has 3 aromatic carbocycles. The number of hydrogen-bond donors (Lipinski definition) is 2. The fourth-order valence-corrected chi connectivity index (χ4v) is 3.33. The number of rotatable bonds is 9. The Bertz CT molecular complexity index is 969. The number of hydrogen-bond acceptors (Lipinski definition) is 5. The van der Waals surface area contributed by atoms with Gasteiger partial charge in [-0.05, 0) is 29.6 Å². The molecule has 2 N–H and O–H groups in total. The second kappa shape index (κ2) is 10.6. The van der Waals surface area contributed by atoms with E-state index < -0.39 is 13.2 Å². The first kappa shape index (κ1) is 22.3. The summed E-state index contributed by atoms with van der Waals surface area (Å²) >= 11 is 0. The van der Waals surface area contributed by atoms with Crippen LogP contribution >= 0.6 is 0 Å². The zero-order valence-electron chi connectivity index (χ0n) is 17.2. The van der Waals surface area contributed by atoms with E-state index in [1.54, 1.807) is 17.9 Å². The van der Waals surface area contributed by atoms with Crippen molar-refractivity contribution in [2.24, 2.45) is 0 Å². The second-order valence-electron chi connectivity index (χ2n) is 7.18. The van der Waals surface area contributed by atoms with Gasteiger partial charge < -0.3 is 19.7 Å². The Labute approximate surface area is 181 Å². The highest BCUT2D eigenvalue weighted by Crippen LogP contribution is 2.19. The van der Waals surface area contributed by atoms with E-state index in [1.165, 1.54) is 12.1 Å². The van der Waals surface area contributed by atoms with Crippen molar-refractivity contribution in [3.63, 3.8) is 0 Å². The van der Waals surface area contributed by atoms with Crippen molar-refractivity contribution < 1.29 is 24.4 Å². The van der Waals surface area contributed by atoms with Gasteiger partial charge in [0.2, 0.25) is 0 Å². The number of carbonyl (C=O) groups is 2. The van der Waals surface area contributed by atoms with E-state index in [1.807, 2.05) is 60.7 Å². The van der Waals surface area contributed by atoms with Gasteiger partial charge in [-0.1, -0.05) is 72.8 Å². The van der Waals surface area contributed by atoms with Gasteiger partial charge in [-0.15, -0.1) is 0 Å². The molecular weight excluding hydrogens is 393 g/mol. The highest BCUT2D eigenvalue weighted by Gasteiger charge is 2.25. The molecule has 158 valence electrons. The molecule has 0 aromatic heterocycles. The second-order valence-corrected chi connectivity index (χ2v) is 7.18. The van der Waals surface area contributed by atoms with Crippen molar-refractivity contribution in [2.75, 3.05) is 0 Å². The molecule has 0 heterocycles. The SMILES string of the molecule is CC(Oc1cccc(B(O)O)c1C=O)C(=O)N(Cc1ccccc1)Cc1ccccc1. The molecule has 7 heteroatoms. The Morgan fingerprint density at radius 3 is 1.97 bits per heavy atom. The molecule has 6 nitrogen and oxygen atoms in total. The van der Waals surface area contributed by atoms with E-state index >= 15 is 0 Å². The van der Waals surface area contributed by atoms with Gasteiger partial charge in [-0.2, -0.15) is 0 Å². The average Bonchev–Trinajstić information content (AvgIpc) is 2.79. The van der Waals surface area contributed by atoms with Gasteiger partial charge in [0.05, 0.1) is 5.56 Å². The van der Waals surface area contributed by atoms with Crippen LogP contribution in [-0.4, -0.2) is 40.4 Å². The minimum atomic E-state index is -1.82. The summed E-state index contributed by atoms with van der Waals surface area (Å²) in [6.45, 7) is 2.42. The average molecular weight is 417 g/mol. The van der Waals surface area contributed by atoms with E-state index in [4.69, 9.17) is 4.74 Å². The Morgan fingerprint density at radius 1 is 0.935 bits per heavy atom. The molecule has 0 aliphatic carbocycles. The van der Waals surface area contributed by atoms with Gasteiger partial charge in [0.15, 0.2) is 12.4 Å². The van der Waals surface area contributed by atoms with Crippen LogP contribution in [-0.2, 0) is 17.9 Å². The van der Waals surface area contributed by atoms with Crippen LogP contribution in [0.3, 0.4) is 0 Å². The summed E-state index contributed by atoms with van der Waals surface area (Å²) in [6, 6.07) is 23.8. The number of carbonyl (C=O) groups excluding carboxylic acids is 2. The largest absolute Gasteiger partial charge is 0.489 e. The number of nitrogens with zero attached hydrogens (tertiary/aromatic N) is 1. The first-order valence-electron chi connectivity index (χ1n) is 9.97. The third-order valence-corrected chi connectivity index (χ3v) is 4.89. The summed E-state index contributed by atoms with van der Waals surface area (Å²) < 4.78 is 5.80. The van der Waals surface area contributed by atoms with E-state index in [9.17, 15) is 19.6 Å². The van der Waals surface area contributed by atoms with E-state index in [0.29, 0.717) is 19.4 Å². The van der Waals surface area contributed by atoms with Crippen LogP contribution in [0.15, 0.2) is 78.9 Å². The van der Waals surface area contributed by atoms with Crippen LogP contribution in [0.5, 0.6) is 5.75 Å². The first-order chi connectivity index (χ1) is 15.0. The Hall–Kier alpha value is -3.42. The molecule has 1 amide bonds. The maximum atomic E-state index is 13.3. The smallest absolute Gasteiger partial charge is 0.480 e. The lowest BCUT2D eigenvalue weighted by Crippen LogP contribution is -2.40. The molecule has 3 aromatic rings. The molecule has 0 aliphatic rings. The topological polar surface area (TPSA) is 87.1 Å².